The lowest BCUT2D eigenvalue weighted by Gasteiger charge is -2.38. The van der Waals surface area contributed by atoms with Crippen LogP contribution in [-0.4, -0.2) is 28.5 Å². The van der Waals surface area contributed by atoms with Gasteiger partial charge < -0.3 is 5.73 Å². The Bertz CT molecular complexity index is 333. The molecule has 0 saturated carbocycles. The van der Waals surface area contributed by atoms with E-state index in [-0.39, 0.29) is 12.1 Å². The summed E-state index contributed by atoms with van der Waals surface area (Å²) in [5.74, 6) is 0.635. The average Bonchev–Trinajstić information content (AvgIpc) is 2.28. The number of hydrogen-bond acceptors (Lipinski definition) is 3. The van der Waals surface area contributed by atoms with Crippen LogP contribution in [0.25, 0.3) is 0 Å². The zero-order chi connectivity index (χ0) is 13.7. The highest BCUT2D eigenvalue weighted by molar-refractivity contribution is 5.17. The maximum absolute atomic E-state index is 6.22. The number of nitrogens with zero attached hydrogens (tertiary/aromatic N) is 2. The van der Waals surface area contributed by atoms with Crippen LogP contribution in [0.4, 0.5) is 0 Å². The van der Waals surface area contributed by atoms with Crippen molar-refractivity contribution in [2.75, 3.05) is 6.54 Å². The summed E-state index contributed by atoms with van der Waals surface area (Å²) in [5, 5.41) is 0. The lowest BCUT2D eigenvalue weighted by Crippen LogP contribution is -2.44. The monoisotopic (exact) mass is 249 g/mol. The summed E-state index contributed by atoms with van der Waals surface area (Å²) in [6.45, 7) is 12.1. The van der Waals surface area contributed by atoms with Gasteiger partial charge >= 0.3 is 0 Å². The van der Waals surface area contributed by atoms with Crippen molar-refractivity contribution in [3.05, 3.63) is 30.1 Å². The Kier molecular flexibility index (Phi) is 5.76. The van der Waals surface area contributed by atoms with Crippen LogP contribution in [0.5, 0.6) is 0 Å². The summed E-state index contributed by atoms with van der Waals surface area (Å²) in [7, 11) is 0. The second-order valence-corrected chi connectivity index (χ2v) is 5.77. The predicted molar refractivity (Wildman–Crippen MR) is 77.3 cm³/mol. The Balaban J connectivity index is 3.01. The van der Waals surface area contributed by atoms with Crippen LogP contribution in [-0.2, 0) is 0 Å². The first-order valence-corrected chi connectivity index (χ1v) is 6.84. The van der Waals surface area contributed by atoms with Crippen LogP contribution in [0.3, 0.4) is 0 Å². The molecule has 2 unspecified atom stereocenters. The Hall–Kier alpha value is -0.930. The molecular formula is C15H27N3. The van der Waals surface area contributed by atoms with Gasteiger partial charge in [-0.3, -0.25) is 9.88 Å². The Morgan fingerprint density at radius 1 is 1.11 bits per heavy atom. The summed E-state index contributed by atoms with van der Waals surface area (Å²) >= 11 is 0. The predicted octanol–water partition coefficient (Wildman–Crippen LogP) is 2.84. The quantitative estimate of drug-likeness (QED) is 0.843. The Labute approximate surface area is 111 Å². The van der Waals surface area contributed by atoms with Gasteiger partial charge in [-0.1, -0.05) is 13.8 Å². The van der Waals surface area contributed by atoms with Crippen molar-refractivity contribution >= 4 is 0 Å². The largest absolute Gasteiger partial charge is 0.326 e. The lowest BCUT2D eigenvalue weighted by molar-refractivity contribution is 0.119. The van der Waals surface area contributed by atoms with E-state index in [1.165, 1.54) is 5.56 Å². The molecule has 2 atom stereocenters. The molecule has 2 N–H and O–H groups in total. The molecule has 0 bridgehead atoms. The highest BCUT2D eigenvalue weighted by atomic mass is 15.2. The smallest absolute Gasteiger partial charge is 0.0500 e. The molecule has 0 spiro atoms. The molecule has 0 radical (unpaired) electrons. The molecule has 0 aromatic carbocycles. The van der Waals surface area contributed by atoms with E-state index < -0.39 is 0 Å². The van der Waals surface area contributed by atoms with Crippen molar-refractivity contribution in [3.63, 3.8) is 0 Å². The molecule has 0 amide bonds. The Morgan fingerprint density at radius 3 is 2.06 bits per heavy atom. The second-order valence-electron chi connectivity index (χ2n) is 5.77. The van der Waals surface area contributed by atoms with Gasteiger partial charge in [0.1, 0.15) is 0 Å². The van der Waals surface area contributed by atoms with Gasteiger partial charge in [-0.05, 0) is 44.4 Å². The number of aromatic nitrogens is 1. The molecule has 0 saturated heterocycles. The third kappa shape index (κ3) is 4.07. The minimum atomic E-state index is 0.105. The molecule has 102 valence electrons. The molecule has 18 heavy (non-hydrogen) atoms. The summed E-state index contributed by atoms with van der Waals surface area (Å²) in [6.07, 6.45) is 3.69. The molecular weight excluding hydrogens is 222 g/mol. The van der Waals surface area contributed by atoms with Crippen molar-refractivity contribution in [1.82, 2.24) is 9.88 Å². The average molecular weight is 249 g/mol. The molecule has 3 nitrogen and oxygen atoms in total. The first kappa shape index (κ1) is 15.1. The van der Waals surface area contributed by atoms with Crippen LogP contribution in [0.15, 0.2) is 24.5 Å². The third-order valence-electron chi connectivity index (χ3n) is 3.14. The van der Waals surface area contributed by atoms with E-state index in [4.69, 9.17) is 5.73 Å². The van der Waals surface area contributed by atoms with Crippen molar-refractivity contribution in [1.29, 1.82) is 0 Å². The van der Waals surface area contributed by atoms with Gasteiger partial charge in [0.05, 0.1) is 0 Å². The molecule has 3 heteroatoms. The van der Waals surface area contributed by atoms with Gasteiger partial charge in [-0.25, -0.2) is 0 Å². The van der Waals surface area contributed by atoms with E-state index in [1.54, 1.807) is 0 Å². The second kappa shape index (κ2) is 6.86. The highest BCUT2D eigenvalue weighted by Crippen LogP contribution is 2.26. The molecule has 0 aliphatic heterocycles. The summed E-state index contributed by atoms with van der Waals surface area (Å²) in [6, 6.07) is 4.99. The normalized spacial score (nSPS) is 15.4. The van der Waals surface area contributed by atoms with Crippen LogP contribution >= 0.6 is 0 Å². The fraction of sp³-hybridized carbons (Fsp3) is 0.667. The van der Waals surface area contributed by atoms with Crippen molar-refractivity contribution < 1.29 is 0 Å². The lowest BCUT2D eigenvalue weighted by atomic mass is 9.97. The highest BCUT2D eigenvalue weighted by Gasteiger charge is 2.26. The minimum absolute atomic E-state index is 0.105. The van der Waals surface area contributed by atoms with Crippen LogP contribution in [0, 0.1) is 5.92 Å². The maximum atomic E-state index is 6.22. The van der Waals surface area contributed by atoms with Crippen molar-refractivity contribution in [2.45, 2.75) is 52.7 Å². The van der Waals surface area contributed by atoms with Gasteiger partial charge in [0, 0.05) is 37.1 Å². The topological polar surface area (TPSA) is 42.2 Å². The zero-order valence-electron chi connectivity index (χ0n) is 12.3. The van der Waals surface area contributed by atoms with E-state index in [1.807, 2.05) is 12.4 Å². The Morgan fingerprint density at radius 2 is 1.67 bits per heavy atom. The van der Waals surface area contributed by atoms with E-state index in [2.05, 4.69) is 56.6 Å². The molecule has 1 heterocycles. The number of pyridine rings is 1. The van der Waals surface area contributed by atoms with E-state index in [0.717, 1.165) is 6.54 Å². The van der Waals surface area contributed by atoms with Gasteiger partial charge in [-0.15, -0.1) is 0 Å². The fourth-order valence-corrected chi connectivity index (χ4v) is 2.42. The summed E-state index contributed by atoms with van der Waals surface area (Å²) in [4.78, 5) is 6.58. The number of hydrogen-bond donors (Lipinski definition) is 1. The van der Waals surface area contributed by atoms with Gasteiger partial charge in [0.15, 0.2) is 0 Å². The molecule has 1 rings (SSSR count). The number of nitrogens with two attached hydrogens (primary N) is 1. The third-order valence-corrected chi connectivity index (χ3v) is 3.14. The van der Waals surface area contributed by atoms with Crippen LogP contribution in [0.1, 0.15) is 46.2 Å². The van der Waals surface area contributed by atoms with Crippen molar-refractivity contribution in [3.8, 4) is 0 Å². The van der Waals surface area contributed by atoms with Gasteiger partial charge in [0.25, 0.3) is 0 Å². The molecule has 0 fully saturated rings. The first-order valence-electron chi connectivity index (χ1n) is 6.84. The molecule has 0 aliphatic rings. The van der Waals surface area contributed by atoms with Gasteiger partial charge in [0.2, 0.25) is 0 Å². The molecule has 0 aliphatic carbocycles. The van der Waals surface area contributed by atoms with E-state index >= 15 is 0 Å². The number of rotatable bonds is 6. The summed E-state index contributed by atoms with van der Waals surface area (Å²) < 4.78 is 0. The zero-order valence-corrected chi connectivity index (χ0v) is 12.3. The first-order chi connectivity index (χ1) is 8.43. The SMILES string of the molecule is CC(C)CN(C(C)C)C(c1ccncc1)C(C)N. The van der Waals surface area contributed by atoms with Crippen LogP contribution < -0.4 is 5.73 Å². The van der Waals surface area contributed by atoms with Gasteiger partial charge in [-0.2, -0.15) is 0 Å². The van der Waals surface area contributed by atoms with Crippen molar-refractivity contribution in [2.24, 2.45) is 11.7 Å². The maximum Gasteiger partial charge on any atom is 0.0500 e. The van der Waals surface area contributed by atoms with Crippen LogP contribution in [0.2, 0.25) is 0 Å². The van der Waals surface area contributed by atoms with E-state index in [9.17, 15) is 0 Å². The minimum Gasteiger partial charge on any atom is -0.326 e. The molecule has 1 aromatic rings. The molecule has 1 aromatic heterocycles. The fourth-order valence-electron chi connectivity index (χ4n) is 2.42. The standard InChI is InChI=1S/C15H27N3/c1-11(2)10-18(12(3)4)15(13(5)16)14-6-8-17-9-7-14/h6-9,11-13,15H,10,16H2,1-5H3. The summed E-state index contributed by atoms with van der Waals surface area (Å²) in [5.41, 5.74) is 7.48. The van der Waals surface area contributed by atoms with E-state index in [0.29, 0.717) is 12.0 Å².